The van der Waals surface area contributed by atoms with Gasteiger partial charge in [0.2, 0.25) is 0 Å². The van der Waals surface area contributed by atoms with E-state index in [1.165, 1.54) is 6.33 Å². The van der Waals surface area contributed by atoms with Gasteiger partial charge in [-0.1, -0.05) is 0 Å². The number of rotatable bonds is 2. The number of hydrogen-bond acceptors (Lipinski definition) is 3. The fourth-order valence-corrected chi connectivity index (χ4v) is 1.25. The number of nitrogens with zero attached hydrogens (tertiary/aromatic N) is 3. The molecule has 0 unspecified atom stereocenters. The lowest BCUT2D eigenvalue weighted by Crippen LogP contribution is -2.00. The maximum absolute atomic E-state index is 5.05. The Kier molecular flexibility index (Phi) is 2.18. The predicted octanol–water partition coefficient (Wildman–Crippen LogP) is 1.38. The summed E-state index contributed by atoms with van der Waals surface area (Å²) < 4.78 is 2.62. The van der Waals surface area contributed by atoms with Crippen LogP contribution in [0.25, 0.3) is 0 Å². The normalized spacial score (nSPS) is 10.2. The molecule has 1 N–H and O–H groups in total. The maximum atomic E-state index is 5.05. The minimum Gasteiger partial charge on any atom is -0.337 e. The van der Waals surface area contributed by atoms with Crippen LogP contribution in [0.1, 0.15) is 5.69 Å². The van der Waals surface area contributed by atoms with Crippen molar-refractivity contribution in [2.45, 2.75) is 6.54 Å². The van der Waals surface area contributed by atoms with Crippen LogP contribution in [0.3, 0.4) is 0 Å². The minimum atomic E-state index is 0.685. The number of aromatic amines is 1. The molecule has 2 aromatic rings. The van der Waals surface area contributed by atoms with Crippen molar-refractivity contribution in [1.82, 2.24) is 19.5 Å². The average Bonchev–Trinajstić information content (AvgIpc) is 2.54. The number of hydrogen-bond donors (Lipinski definition) is 1. The summed E-state index contributed by atoms with van der Waals surface area (Å²) in [7, 11) is 0. The lowest BCUT2D eigenvalue weighted by molar-refractivity contribution is 0.757. The van der Waals surface area contributed by atoms with Gasteiger partial charge in [-0.2, -0.15) is 0 Å². The molecule has 2 heterocycles. The van der Waals surface area contributed by atoms with E-state index in [1.54, 1.807) is 6.20 Å². The Morgan fingerprint density at radius 2 is 2.46 bits per heavy atom. The highest BCUT2D eigenvalue weighted by Gasteiger charge is 1.95. The molecule has 66 valence electrons. The summed E-state index contributed by atoms with van der Waals surface area (Å²) in [5.74, 6) is 0. The van der Waals surface area contributed by atoms with Gasteiger partial charge in [-0.05, 0) is 18.3 Å². The van der Waals surface area contributed by atoms with Gasteiger partial charge in [0.15, 0.2) is 4.77 Å². The van der Waals surface area contributed by atoms with Crippen molar-refractivity contribution in [3.05, 3.63) is 41.4 Å². The van der Waals surface area contributed by atoms with Crippen molar-refractivity contribution in [3.8, 4) is 0 Å². The smallest absolute Gasteiger partial charge is 0.177 e. The van der Waals surface area contributed by atoms with E-state index in [2.05, 4.69) is 15.0 Å². The maximum Gasteiger partial charge on any atom is 0.177 e. The summed E-state index contributed by atoms with van der Waals surface area (Å²) in [5.41, 5.74) is 0.950. The van der Waals surface area contributed by atoms with Gasteiger partial charge in [0.1, 0.15) is 6.33 Å². The van der Waals surface area contributed by atoms with Gasteiger partial charge in [0.25, 0.3) is 0 Å². The van der Waals surface area contributed by atoms with Crippen LogP contribution in [0.5, 0.6) is 0 Å². The molecular weight excluding hydrogens is 184 g/mol. The molecule has 2 aromatic heterocycles. The largest absolute Gasteiger partial charge is 0.337 e. The second-order valence-electron chi connectivity index (χ2n) is 2.59. The predicted molar refractivity (Wildman–Crippen MR) is 50.8 cm³/mol. The highest BCUT2D eigenvalue weighted by atomic mass is 32.1. The van der Waals surface area contributed by atoms with Crippen LogP contribution in [-0.2, 0) is 6.54 Å². The van der Waals surface area contributed by atoms with Crippen LogP contribution in [0.2, 0.25) is 0 Å². The van der Waals surface area contributed by atoms with Gasteiger partial charge in [-0.15, -0.1) is 0 Å². The van der Waals surface area contributed by atoms with Crippen LogP contribution in [0.4, 0.5) is 0 Å². The zero-order valence-electron chi connectivity index (χ0n) is 6.84. The summed E-state index contributed by atoms with van der Waals surface area (Å²) in [6.45, 7) is 0.685. The summed E-state index contributed by atoms with van der Waals surface area (Å²) in [6, 6.07) is 1.87. The molecule has 0 aliphatic carbocycles. The molecule has 0 bridgehead atoms. The minimum absolute atomic E-state index is 0.685. The lowest BCUT2D eigenvalue weighted by atomic mass is 10.4. The Balaban J connectivity index is 2.25. The average molecular weight is 192 g/mol. The fraction of sp³-hybridized carbons (Fsp3) is 0.125. The molecule has 0 spiro atoms. The summed E-state index contributed by atoms with van der Waals surface area (Å²) in [5, 5.41) is 0. The standard InChI is InChI=1S/C8H8N4S/c13-8-10-3-4-12(8)5-7-1-2-9-6-11-7/h1-4,6H,5H2,(H,10,13). The first-order valence-electron chi connectivity index (χ1n) is 3.85. The highest BCUT2D eigenvalue weighted by molar-refractivity contribution is 7.71. The Hall–Kier alpha value is -1.49. The Bertz CT molecular complexity index is 431. The molecule has 0 aliphatic heterocycles. The monoisotopic (exact) mass is 192 g/mol. The van der Waals surface area contributed by atoms with E-state index < -0.39 is 0 Å². The van der Waals surface area contributed by atoms with Crippen LogP contribution in [0.15, 0.2) is 31.0 Å². The molecule has 0 atom stereocenters. The van der Waals surface area contributed by atoms with Gasteiger partial charge in [-0.25, -0.2) is 9.97 Å². The lowest BCUT2D eigenvalue weighted by Gasteiger charge is -1.99. The van der Waals surface area contributed by atoms with Crippen LogP contribution in [-0.4, -0.2) is 19.5 Å². The van der Waals surface area contributed by atoms with Crippen LogP contribution >= 0.6 is 12.2 Å². The van der Waals surface area contributed by atoms with Gasteiger partial charge >= 0.3 is 0 Å². The SMILES string of the molecule is S=c1[nH]ccn1Cc1ccncn1. The molecule has 0 aliphatic rings. The fourth-order valence-electron chi connectivity index (χ4n) is 1.06. The summed E-state index contributed by atoms with van der Waals surface area (Å²) >= 11 is 5.05. The molecule has 0 radical (unpaired) electrons. The first-order valence-corrected chi connectivity index (χ1v) is 4.26. The van der Waals surface area contributed by atoms with E-state index in [0.717, 1.165) is 5.69 Å². The van der Waals surface area contributed by atoms with Gasteiger partial charge in [0, 0.05) is 18.6 Å². The number of nitrogens with one attached hydrogen (secondary N) is 1. The van der Waals surface area contributed by atoms with E-state index in [0.29, 0.717) is 11.3 Å². The highest BCUT2D eigenvalue weighted by Crippen LogP contribution is 1.97. The second kappa shape index (κ2) is 3.49. The van der Waals surface area contributed by atoms with Crippen molar-refractivity contribution >= 4 is 12.2 Å². The molecule has 5 heteroatoms. The first-order chi connectivity index (χ1) is 6.36. The third kappa shape index (κ3) is 1.81. The zero-order chi connectivity index (χ0) is 9.10. The molecule has 2 rings (SSSR count). The van der Waals surface area contributed by atoms with E-state index >= 15 is 0 Å². The molecule has 0 amide bonds. The van der Waals surface area contributed by atoms with E-state index in [-0.39, 0.29) is 0 Å². The van der Waals surface area contributed by atoms with Gasteiger partial charge in [0.05, 0.1) is 12.2 Å². The number of imidazole rings is 1. The Labute approximate surface area is 80.3 Å². The van der Waals surface area contributed by atoms with Gasteiger partial charge < -0.3 is 9.55 Å². The van der Waals surface area contributed by atoms with Crippen molar-refractivity contribution in [2.75, 3.05) is 0 Å². The van der Waals surface area contributed by atoms with Crippen molar-refractivity contribution in [2.24, 2.45) is 0 Å². The zero-order valence-corrected chi connectivity index (χ0v) is 7.66. The third-order valence-corrected chi connectivity index (χ3v) is 2.05. The first kappa shape index (κ1) is 8.12. The Morgan fingerprint density at radius 1 is 1.54 bits per heavy atom. The van der Waals surface area contributed by atoms with Crippen molar-refractivity contribution in [3.63, 3.8) is 0 Å². The van der Waals surface area contributed by atoms with Crippen LogP contribution < -0.4 is 0 Å². The number of aromatic nitrogens is 4. The molecule has 0 fully saturated rings. The van der Waals surface area contributed by atoms with E-state index in [1.807, 2.05) is 23.0 Å². The second-order valence-corrected chi connectivity index (χ2v) is 2.98. The third-order valence-electron chi connectivity index (χ3n) is 1.70. The van der Waals surface area contributed by atoms with Crippen molar-refractivity contribution in [1.29, 1.82) is 0 Å². The quantitative estimate of drug-likeness (QED) is 0.731. The molecule has 0 saturated carbocycles. The summed E-state index contributed by atoms with van der Waals surface area (Å²) in [6.07, 6.45) is 6.96. The number of H-pyrrole nitrogens is 1. The molecule has 13 heavy (non-hydrogen) atoms. The van der Waals surface area contributed by atoms with E-state index in [9.17, 15) is 0 Å². The summed E-state index contributed by atoms with van der Waals surface area (Å²) in [4.78, 5) is 10.9. The van der Waals surface area contributed by atoms with Crippen LogP contribution in [0, 0.1) is 4.77 Å². The Morgan fingerprint density at radius 3 is 3.08 bits per heavy atom. The molecule has 0 saturated heterocycles. The topological polar surface area (TPSA) is 46.5 Å². The van der Waals surface area contributed by atoms with E-state index in [4.69, 9.17) is 12.2 Å². The molecular formula is C8H8N4S. The molecule has 0 aromatic carbocycles. The van der Waals surface area contributed by atoms with Gasteiger partial charge in [-0.3, -0.25) is 0 Å². The molecule has 4 nitrogen and oxygen atoms in total. The van der Waals surface area contributed by atoms with Crippen molar-refractivity contribution < 1.29 is 0 Å².